The van der Waals surface area contributed by atoms with Crippen molar-refractivity contribution in [3.63, 3.8) is 0 Å². The van der Waals surface area contributed by atoms with Gasteiger partial charge in [-0.1, -0.05) is 18.2 Å². The number of primary amides is 1. The molecule has 1 saturated heterocycles. The fraction of sp³-hybridized carbons (Fsp3) is 0.294. The third-order valence-corrected chi connectivity index (χ3v) is 4.11. The molecule has 0 radical (unpaired) electrons. The molecule has 6 nitrogen and oxygen atoms in total. The van der Waals surface area contributed by atoms with Gasteiger partial charge in [0.25, 0.3) is 5.92 Å². The number of para-hydroxylation sites is 1. The second kappa shape index (κ2) is 6.09. The van der Waals surface area contributed by atoms with Crippen LogP contribution in [0.2, 0.25) is 0 Å². The Labute approximate surface area is 141 Å². The number of nitriles is 1. The first-order chi connectivity index (χ1) is 11.8. The summed E-state index contributed by atoms with van der Waals surface area (Å²) in [4.78, 5) is 29.2. The zero-order chi connectivity index (χ0) is 18.2. The van der Waals surface area contributed by atoms with E-state index in [0.29, 0.717) is 10.9 Å². The van der Waals surface area contributed by atoms with Crippen LogP contribution in [0.3, 0.4) is 0 Å². The fourth-order valence-electron chi connectivity index (χ4n) is 2.98. The summed E-state index contributed by atoms with van der Waals surface area (Å²) in [5, 5.41) is 9.54. The average Bonchev–Trinajstić information content (AvgIpc) is 2.89. The van der Waals surface area contributed by atoms with Gasteiger partial charge in [0.1, 0.15) is 6.04 Å². The molecule has 25 heavy (non-hydrogen) atoms. The van der Waals surface area contributed by atoms with E-state index in [1.165, 1.54) is 6.07 Å². The summed E-state index contributed by atoms with van der Waals surface area (Å²) >= 11 is 0. The number of pyridine rings is 1. The lowest BCUT2D eigenvalue weighted by Crippen LogP contribution is -2.37. The van der Waals surface area contributed by atoms with Crippen LogP contribution in [0, 0.1) is 11.3 Å². The minimum absolute atomic E-state index is 0.206. The van der Waals surface area contributed by atoms with Crippen molar-refractivity contribution in [2.75, 3.05) is 6.54 Å². The van der Waals surface area contributed by atoms with Gasteiger partial charge < -0.3 is 10.6 Å². The SMILES string of the molecule is N#C[C@@H]1CC(F)(F)CN1C(=O)Cc1cc(C(N)=O)c2ccccc2n1. The first-order valence-electron chi connectivity index (χ1n) is 7.56. The van der Waals surface area contributed by atoms with Crippen LogP contribution in [0.4, 0.5) is 8.78 Å². The fourth-order valence-corrected chi connectivity index (χ4v) is 2.98. The van der Waals surface area contributed by atoms with Gasteiger partial charge in [-0.15, -0.1) is 0 Å². The van der Waals surface area contributed by atoms with Gasteiger partial charge in [-0.05, 0) is 12.1 Å². The number of nitrogens with zero attached hydrogens (tertiary/aromatic N) is 3. The molecule has 2 aromatic rings. The van der Waals surface area contributed by atoms with Crippen molar-refractivity contribution in [1.82, 2.24) is 9.88 Å². The molecule has 0 aliphatic carbocycles. The van der Waals surface area contributed by atoms with Gasteiger partial charge >= 0.3 is 0 Å². The monoisotopic (exact) mass is 344 g/mol. The Bertz CT molecular complexity index is 907. The van der Waals surface area contributed by atoms with Gasteiger partial charge in [0.05, 0.1) is 35.8 Å². The molecule has 1 fully saturated rings. The van der Waals surface area contributed by atoms with E-state index in [1.807, 2.05) is 0 Å². The maximum atomic E-state index is 13.5. The largest absolute Gasteiger partial charge is 0.366 e. The number of benzene rings is 1. The number of alkyl halides is 2. The third kappa shape index (κ3) is 3.26. The highest BCUT2D eigenvalue weighted by Gasteiger charge is 2.47. The minimum atomic E-state index is -3.08. The van der Waals surface area contributed by atoms with Crippen LogP contribution in [-0.2, 0) is 11.2 Å². The number of hydrogen-bond acceptors (Lipinski definition) is 4. The van der Waals surface area contributed by atoms with E-state index in [0.717, 1.165) is 4.90 Å². The Morgan fingerprint density at radius 2 is 2.12 bits per heavy atom. The van der Waals surface area contributed by atoms with Gasteiger partial charge in [-0.25, -0.2) is 8.78 Å². The molecule has 1 aliphatic heterocycles. The summed E-state index contributed by atoms with van der Waals surface area (Å²) in [6, 6.07) is 8.74. The second-order valence-corrected chi connectivity index (χ2v) is 5.95. The van der Waals surface area contributed by atoms with Crippen molar-refractivity contribution in [2.45, 2.75) is 24.8 Å². The number of halogens is 2. The van der Waals surface area contributed by atoms with Crippen LogP contribution in [-0.4, -0.2) is 40.2 Å². The summed E-state index contributed by atoms with van der Waals surface area (Å²) in [6.07, 6.45) is -0.966. The summed E-state index contributed by atoms with van der Waals surface area (Å²) in [5.41, 5.74) is 6.30. The average molecular weight is 344 g/mol. The van der Waals surface area contributed by atoms with Crippen molar-refractivity contribution < 1.29 is 18.4 Å². The summed E-state index contributed by atoms with van der Waals surface area (Å²) in [5.74, 6) is -4.39. The molecule has 128 valence electrons. The van der Waals surface area contributed by atoms with Crippen LogP contribution in [0.1, 0.15) is 22.5 Å². The van der Waals surface area contributed by atoms with Gasteiger partial charge in [0.15, 0.2) is 0 Å². The van der Waals surface area contributed by atoms with Gasteiger partial charge in [0, 0.05) is 11.8 Å². The van der Waals surface area contributed by atoms with E-state index in [9.17, 15) is 18.4 Å². The van der Waals surface area contributed by atoms with Crippen molar-refractivity contribution in [1.29, 1.82) is 5.26 Å². The molecular weight excluding hydrogens is 330 g/mol. The predicted octanol–water partition coefficient (Wildman–Crippen LogP) is 1.64. The number of nitrogens with two attached hydrogens (primary N) is 1. The first kappa shape index (κ1) is 16.8. The van der Waals surface area contributed by atoms with Gasteiger partial charge in [-0.3, -0.25) is 14.6 Å². The normalized spacial score (nSPS) is 18.9. The Balaban J connectivity index is 1.92. The van der Waals surface area contributed by atoms with Crippen LogP contribution < -0.4 is 5.73 Å². The van der Waals surface area contributed by atoms with E-state index in [4.69, 9.17) is 11.0 Å². The molecule has 0 unspecified atom stereocenters. The number of aromatic nitrogens is 1. The Kier molecular flexibility index (Phi) is 4.08. The van der Waals surface area contributed by atoms with E-state index in [-0.39, 0.29) is 17.7 Å². The highest BCUT2D eigenvalue weighted by atomic mass is 19.3. The smallest absolute Gasteiger partial charge is 0.268 e. The van der Waals surface area contributed by atoms with Crippen molar-refractivity contribution in [2.24, 2.45) is 5.73 Å². The van der Waals surface area contributed by atoms with Crippen molar-refractivity contribution >= 4 is 22.7 Å². The number of amides is 2. The Morgan fingerprint density at radius 3 is 2.80 bits per heavy atom. The lowest BCUT2D eigenvalue weighted by Gasteiger charge is -2.19. The van der Waals surface area contributed by atoms with Gasteiger partial charge in [-0.2, -0.15) is 5.26 Å². The van der Waals surface area contributed by atoms with Crippen LogP contribution in [0.25, 0.3) is 10.9 Å². The Hall–Kier alpha value is -3.08. The van der Waals surface area contributed by atoms with E-state index in [1.54, 1.807) is 30.3 Å². The lowest BCUT2D eigenvalue weighted by molar-refractivity contribution is -0.131. The Morgan fingerprint density at radius 1 is 1.40 bits per heavy atom. The molecular formula is C17H14F2N4O2. The summed E-state index contributed by atoms with van der Waals surface area (Å²) < 4.78 is 27.0. The molecule has 2 amide bonds. The first-order valence-corrected chi connectivity index (χ1v) is 7.56. The minimum Gasteiger partial charge on any atom is -0.366 e. The summed E-state index contributed by atoms with van der Waals surface area (Å²) in [6.45, 7) is -0.791. The maximum Gasteiger partial charge on any atom is 0.268 e. The molecule has 0 spiro atoms. The third-order valence-electron chi connectivity index (χ3n) is 4.11. The van der Waals surface area contributed by atoms with E-state index >= 15 is 0 Å². The number of rotatable bonds is 3. The molecule has 1 aliphatic rings. The predicted molar refractivity (Wildman–Crippen MR) is 84.6 cm³/mol. The molecule has 2 N–H and O–H groups in total. The van der Waals surface area contributed by atoms with Crippen molar-refractivity contribution in [3.8, 4) is 6.07 Å². The van der Waals surface area contributed by atoms with Crippen LogP contribution in [0.5, 0.6) is 0 Å². The standard InChI is InChI=1S/C17H14F2N4O2/c18-17(19)7-11(8-20)23(9-17)15(24)6-10-5-13(16(21)25)12-3-1-2-4-14(12)22-10/h1-5,11H,6-7,9H2,(H2,21,25)/t11-/m0/s1. The quantitative estimate of drug-likeness (QED) is 0.914. The maximum absolute atomic E-state index is 13.5. The summed E-state index contributed by atoms with van der Waals surface area (Å²) in [7, 11) is 0. The van der Waals surface area contributed by atoms with E-state index < -0.39 is 36.7 Å². The zero-order valence-corrected chi connectivity index (χ0v) is 13.1. The number of likely N-dealkylation sites (tertiary alicyclic amines) is 1. The van der Waals surface area contributed by atoms with Crippen molar-refractivity contribution in [3.05, 3.63) is 41.6 Å². The molecule has 3 rings (SSSR count). The molecule has 8 heteroatoms. The van der Waals surface area contributed by atoms with Crippen LogP contribution >= 0.6 is 0 Å². The molecule has 0 saturated carbocycles. The highest BCUT2D eigenvalue weighted by molar-refractivity contribution is 6.05. The highest BCUT2D eigenvalue weighted by Crippen LogP contribution is 2.32. The number of hydrogen-bond donors (Lipinski definition) is 1. The number of carbonyl (C=O) groups excluding carboxylic acids is 2. The van der Waals surface area contributed by atoms with Crippen LogP contribution in [0.15, 0.2) is 30.3 Å². The molecule has 1 aromatic heterocycles. The molecule has 1 aromatic carbocycles. The second-order valence-electron chi connectivity index (χ2n) is 5.95. The topological polar surface area (TPSA) is 100 Å². The molecule has 2 heterocycles. The molecule has 1 atom stereocenters. The van der Waals surface area contributed by atoms with Gasteiger partial charge in [0.2, 0.25) is 11.8 Å². The number of fused-ring (bicyclic) bond motifs is 1. The zero-order valence-electron chi connectivity index (χ0n) is 13.1. The van der Waals surface area contributed by atoms with E-state index in [2.05, 4.69) is 4.98 Å². The molecule has 0 bridgehead atoms. The lowest BCUT2D eigenvalue weighted by atomic mass is 10.1. The number of carbonyl (C=O) groups is 2.